The maximum absolute atomic E-state index is 11.8. The van der Waals surface area contributed by atoms with Crippen molar-refractivity contribution < 1.29 is 9.53 Å². The Labute approximate surface area is 166 Å². The SMILES string of the molecule is O=C(CCSc1ccc(Cl)cc1)NN=Cc1ccc(OC2CSC2)cc1. The standard InChI is InChI=1S/C19H19ClN2O2S2/c20-15-3-7-18(8-4-15)26-10-9-19(23)22-21-11-14-1-5-16(6-2-14)24-17-12-25-13-17/h1-8,11,17H,9-10,12-13H2,(H,22,23). The van der Waals surface area contributed by atoms with Gasteiger partial charge in [0.1, 0.15) is 11.9 Å². The third-order valence-corrected chi connectivity index (χ3v) is 6.09. The molecule has 0 aromatic heterocycles. The van der Waals surface area contributed by atoms with Crippen LogP contribution >= 0.6 is 35.1 Å². The predicted octanol–water partition coefficient (Wildman–Crippen LogP) is 4.47. The van der Waals surface area contributed by atoms with Crippen molar-refractivity contribution in [3.05, 3.63) is 59.1 Å². The molecule has 1 amide bonds. The molecule has 2 aromatic carbocycles. The van der Waals surface area contributed by atoms with Gasteiger partial charge in [-0.1, -0.05) is 11.6 Å². The lowest BCUT2D eigenvalue weighted by Crippen LogP contribution is -2.30. The van der Waals surface area contributed by atoms with Crippen LogP contribution < -0.4 is 10.2 Å². The van der Waals surface area contributed by atoms with Crippen molar-refractivity contribution in [1.82, 2.24) is 5.43 Å². The molecular weight excluding hydrogens is 388 g/mol. The number of hydrogen-bond donors (Lipinski definition) is 1. The number of thioether (sulfide) groups is 2. The lowest BCUT2D eigenvalue weighted by atomic mass is 10.2. The van der Waals surface area contributed by atoms with Gasteiger partial charge < -0.3 is 4.74 Å². The van der Waals surface area contributed by atoms with E-state index in [4.69, 9.17) is 16.3 Å². The summed E-state index contributed by atoms with van der Waals surface area (Å²) in [6.07, 6.45) is 2.37. The third-order valence-electron chi connectivity index (χ3n) is 3.60. The minimum atomic E-state index is -0.106. The van der Waals surface area contributed by atoms with Gasteiger partial charge >= 0.3 is 0 Å². The molecule has 4 nitrogen and oxygen atoms in total. The molecule has 0 atom stereocenters. The molecule has 1 aliphatic heterocycles. The zero-order valence-electron chi connectivity index (χ0n) is 14.1. The van der Waals surface area contributed by atoms with Crippen LogP contribution in [0.3, 0.4) is 0 Å². The molecule has 7 heteroatoms. The van der Waals surface area contributed by atoms with Crippen molar-refractivity contribution in [2.75, 3.05) is 17.3 Å². The second kappa shape index (κ2) is 9.90. The van der Waals surface area contributed by atoms with E-state index in [0.29, 0.717) is 23.3 Å². The van der Waals surface area contributed by atoms with Crippen LogP contribution in [-0.4, -0.2) is 35.5 Å². The maximum Gasteiger partial charge on any atom is 0.240 e. The van der Waals surface area contributed by atoms with Crippen LogP contribution in [0.4, 0.5) is 0 Å². The monoisotopic (exact) mass is 406 g/mol. The Bertz CT molecular complexity index is 747. The van der Waals surface area contributed by atoms with Crippen LogP contribution in [0, 0.1) is 0 Å². The summed E-state index contributed by atoms with van der Waals surface area (Å²) in [6.45, 7) is 0. The zero-order valence-corrected chi connectivity index (χ0v) is 16.4. The van der Waals surface area contributed by atoms with Gasteiger partial charge in [-0.05, 0) is 54.1 Å². The highest BCUT2D eigenvalue weighted by Crippen LogP contribution is 2.24. The van der Waals surface area contributed by atoms with E-state index < -0.39 is 0 Å². The van der Waals surface area contributed by atoms with Crippen LogP contribution in [0.1, 0.15) is 12.0 Å². The Balaban J connectivity index is 1.35. The fraction of sp³-hybridized carbons (Fsp3) is 0.263. The average Bonchev–Trinajstić information content (AvgIpc) is 2.61. The fourth-order valence-electron chi connectivity index (χ4n) is 2.13. The number of benzene rings is 2. The van der Waals surface area contributed by atoms with E-state index in [0.717, 1.165) is 27.7 Å². The molecule has 26 heavy (non-hydrogen) atoms. The average molecular weight is 407 g/mol. The summed E-state index contributed by atoms with van der Waals surface area (Å²) in [6, 6.07) is 15.3. The van der Waals surface area contributed by atoms with Crippen molar-refractivity contribution in [1.29, 1.82) is 0 Å². The molecule has 1 heterocycles. The Morgan fingerprint density at radius 3 is 2.62 bits per heavy atom. The molecule has 2 aromatic rings. The van der Waals surface area contributed by atoms with Crippen LogP contribution in [0.15, 0.2) is 58.5 Å². The topological polar surface area (TPSA) is 50.7 Å². The first-order valence-corrected chi connectivity index (χ1v) is 10.8. The normalized spacial score (nSPS) is 14.2. The number of carbonyl (C=O) groups is 1. The lowest BCUT2D eigenvalue weighted by Gasteiger charge is -2.25. The van der Waals surface area contributed by atoms with Gasteiger partial charge in [0, 0.05) is 33.6 Å². The highest BCUT2D eigenvalue weighted by molar-refractivity contribution is 8.00. The molecule has 136 valence electrons. The summed E-state index contributed by atoms with van der Waals surface area (Å²) in [4.78, 5) is 12.9. The van der Waals surface area contributed by atoms with E-state index in [9.17, 15) is 4.79 Å². The van der Waals surface area contributed by atoms with Gasteiger partial charge in [-0.25, -0.2) is 5.43 Å². The van der Waals surface area contributed by atoms with Crippen LogP contribution in [0.5, 0.6) is 5.75 Å². The minimum Gasteiger partial charge on any atom is -0.489 e. The maximum atomic E-state index is 11.8. The quantitative estimate of drug-likeness (QED) is 0.399. The fourth-order valence-corrected chi connectivity index (χ4v) is 3.68. The molecule has 0 radical (unpaired) electrons. The Morgan fingerprint density at radius 1 is 1.23 bits per heavy atom. The molecule has 0 spiro atoms. The Morgan fingerprint density at radius 2 is 1.96 bits per heavy atom. The van der Waals surface area contributed by atoms with E-state index in [1.807, 2.05) is 60.3 Å². The van der Waals surface area contributed by atoms with Gasteiger partial charge in [-0.2, -0.15) is 16.9 Å². The zero-order chi connectivity index (χ0) is 18.2. The number of halogens is 1. The van der Waals surface area contributed by atoms with Crippen LogP contribution in [0.2, 0.25) is 5.02 Å². The number of hydrogen-bond acceptors (Lipinski definition) is 5. The van der Waals surface area contributed by atoms with Crippen molar-refractivity contribution in [3.8, 4) is 5.75 Å². The van der Waals surface area contributed by atoms with Gasteiger partial charge in [-0.15, -0.1) is 11.8 Å². The molecule has 1 N–H and O–H groups in total. The highest BCUT2D eigenvalue weighted by Gasteiger charge is 2.19. The highest BCUT2D eigenvalue weighted by atomic mass is 35.5. The van der Waals surface area contributed by atoms with Crippen molar-refractivity contribution in [2.24, 2.45) is 5.10 Å². The van der Waals surface area contributed by atoms with Crippen molar-refractivity contribution in [2.45, 2.75) is 17.4 Å². The van der Waals surface area contributed by atoms with Crippen LogP contribution in [0.25, 0.3) is 0 Å². The first-order chi connectivity index (χ1) is 12.7. The number of nitrogens with one attached hydrogen (secondary N) is 1. The molecule has 1 aliphatic rings. The third kappa shape index (κ3) is 6.27. The molecule has 1 fully saturated rings. The van der Waals surface area contributed by atoms with E-state index in [1.54, 1.807) is 18.0 Å². The summed E-state index contributed by atoms with van der Waals surface area (Å²) in [7, 11) is 0. The number of rotatable bonds is 8. The summed E-state index contributed by atoms with van der Waals surface area (Å²) in [5.41, 5.74) is 3.47. The number of nitrogens with zero attached hydrogens (tertiary/aromatic N) is 1. The second-order valence-electron chi connectivity index (χ2n) is 5.69. The molecular formula is C19H19ClN2O2S2. The number of ether oxygens (including phenoxy) is 1. The molecule has 0 saturated carbocycles. The van der Waals surface area contributed by atoms with Crippen molar-refractivity contribution in [3.63, 3.8) is 0 Å². The molecule has 3 rings (SSSR count). The van der Waals surface area contributed by atoms with Crippen LogP contribution in [-0.2, 0) is 4.79 Å². The summed E-state index contributed by atoms with van der Waals surface area (Å²) < 4.78 is 5.79. The molecule has 0 aliphatic carbocycles. The van der Waals surface area contributed by atoms with Gasteiger partial charge in [0.25, 0.3) is 0 Å². The molecule has 0 bridgehead atoms. The number of carbonyl (C=O) groups excluding carboxylic acids is 1. The van der Waals surface area contributed by atoms with Gasteiger partial charge in [0.2, 0.25) is 5.91 Å². The molecule has 0 unspecified atom stereocenters. The second-order valence-corrected chi connectivity index (χ2v) is 8.37. The predicted molar refractivity (Wildman–Crippen MR) is 111 cm³/mol. The summed E-state index contributed by atoms with van der Waals surface area (Å²) in [5.74, 6) is 3.58. The van der Waals surface area contributed by atoms with E-state index in [-0.39, 0.29) is 5.91 Å². The van der Waals surface area contributed by atoms with E-state index in [1.165, 1.54) is 0 Å². The molecule has 1 saturated heterocycles. The minimum absolute atomic E-state index is 0.106. The van der Waals surface area contributed by atoms with E-state index >= 15 is 0 Å². The first-order valence-electron chi connectivity index (χ1n) is 8.24. The van der Waals surface area contributed by atoms with Crippen molar-refractivity contribution >= 4 is 47.2 Å². The number of amides is 1. The van der Waals surface area contributed by atoms with Gasteiger partial charge in [0.15, 0.2) is 0 Å². The summed E-state index contributed by atoms with van der Waals surface area (Å²) >= 11 is 9.35. The van der Waals surface area contributed by atoms with E-state index in [2.05, 4.69) is 10.5 Å². The van der Waals surface area contributed by atoms with Gasteiger partial charge in [-0.3, -0.25) is 4.79 Å². The number of hydrazone groups is 1. The Kier molecular flexibility index (Phi) is 7.29. The van der Waals surface area contributed by atoms with Gasteiger partial charge in [0.05, 0.1) is 6.21 Å². The largest absolute Gasteiger partial charge is 0.489 e. The first kappa shape index (κ1) is 19.1. The summed E-state index contributed by atoms with van der Waals surface area (Å²) in [5, 5.41) is 4.71. The lowest BCUT2D eigenvalue weighted by molar-refractivity contribution is -0.120. The smallest absolute Gasteiger partial charge is 0.240 e. The Hall–Kier alpha value is -1.63.